The van der Waals surface area contributed by atoms with Crippen molar-refractivity contribution >= 4 is 29.0 Å². The van der Waals surface area contributed by atoms with Gasteiger partial charge in [-0.25, -0.2) is 0 Å². The first kappa shape index (κ1) is 18.0. The maximum absolute atomic E-state index is 12.2. The Morgan fingerprint density at radius 2 is 1.80 bits per heavy atom. The molecule has 0 radical (unpaired) electrons. The number of carbonyl (C=O) groups is 3. The van der Waals surface area contributed by atoms with Crippen molar-refractivity contribution in [1.82, 2.24) is 0 Å². The fraction of sp³-hybridized carbons (Fsp3) is 0.167. The van der Waals surface area contributed by atoms with Crippen LogP contribution in [0.3, 0.4) is 0 Å². The van der Waals surface area contributed by atoms with Gasteiger partial charge < -0.3 is 21.1 Å². The molecule has 0 spiro atoms. The molecular weight excluding hydrogens is 322 g/mol. The van der Waals surface area contributed by atoms with Crippen LogP contribution in [0.1, 0.15) is 27.6 Å². The number of para-hydroxylation sites is 1. The van der Waals surface area contributed by atoms with E-state index >= 15 is 0 Å². The predicted molar refractivity (Wildman–Crippen MR) is 95.1 cm³/mol. The molecule has 0 bridgehead atoms. The summed E-state index contributed by atoms with van der Waals surface area (Å²) in [5.41, 5.74) is 6.90. The molecule has 25 heavy (non-hydrogen) atoms. The molecule has 0 fully saturated rings. The maximum Gasteiger partial charge on any atom is 0.248 e. The highest BCUT2D eigenvalue weighted by Crippen LogP contribution is 2.25. The van der Waals surface area contributed by atoms with Crippen molar-refractivity contribution in [3.63, 3.8) is 0 Å². The normalized spacial score (nSPS) is 10.0. The molecule has 0 aromatic heterocycles. The fourth-order valence-corrected chi connectivity index (χ4v) is 2.27. The zero-order chi connectivity index (χ0) is 18.4. The minimum absolute atomic E-state index is 0.0786. The van der Waals surface area contributed by atoms with E-state index in [-0.39, 0.29) is 18.2 Å². The van der Waals surface area contributed by atoms with Crippen LogP contribution in [0.5, 0.6) is 5.75 Å². The van der Waals surface area contributed by atoms with E-state index < -0.39 is 5.91 Å². The van der Waals surface area contributed by atoms with Gasteiger partial charge in [0, 0.05) is 11.1 Å². The van der Waals surface area contributed by atoms with E-state index in [9.17, 15) is 14.4 Å². The van der Waals surface area contributed by atoms with Crippen molar-refractivity contribution in [2.45, 2.75) is 6.92 Å². The molecule has 0 unspecified atom stereocenters. The van der Waals surface area contributed by atoms with Gasteiger partial charge in [-0.3, -0.25) is 14.4 Å². The topological polar surface area (TPSA) is 111 Å². The molecule has 2 amide bonds. The van der Waals surface area contributed by atoms with E-state index in [4.69, 9.17) is 10.5 Å². The number of methoxy groups -OCH3 is 1. The summed E-state index contributed by atoms with van der Waals surface area (Å²) < 4.78 is 5.19. The molecule has 0 heterocycles. The summed E-state index contributed by atoms with van der Waals surface area (Å²) in [7, 11) is 1.48. The van der Waals surface area contributed by atoms with Gasteiger partial charge in [0.25, 0.3) is 0 Å². The first-order valence-corrected chi connectivity index (χ1v) is 7.54. The summed E-state index contributed by atoms with van der Waals surface area (Å²) in [4.78, 5) is 35.0. The molecule has 0 aliphatic carbocycles. The van der Waals surface area contributed by atoms with E-state index in [1.165, 1.54) is 26.2 Å². The predicted octanol–water partition coefficient (Wildman–Crippen LogP) is 2.05. The Morgan fingerprint density at radius 3 is 2.44 bits per heavy atom. The van der Waals surface area contributed by atoms with Crippen LogP contribution in [0.25, 0.3) is 0 Å². The van der Waals surface area contributed by atoms with Gasteiger partial charge in [0.05, 0.1) is 25.0 Å². The molecule has 7 nitrogen and oxygen atoms in total. The van der Waals surface area contributed by atoms with Crippen LogP contribution in [-0.4, -0.2) is 31.3 Å². The monoisotopic (exact) mass is 341 g/mol. The molecule has 0 saturated carbocycles. The van der Waals surface area contributed by atoms with Gasteiger partial charge in [-0.15, -0.1) is 0 Å². The van der Waals surface area contributed by atoms with Crippen molar-refractivity contribution in [3.05, 3.63) is 53.6 Å². The van der Waals surface area contributed by atoms with Crippen LogP contribution in [0, 0.1) is 0 Å². The highest BCUT2D eigenvalue weighted by molar-refractivity contribution is 6.04. The number of nitrogens with two attached hydrogens (primary N) is 1. The number of carbonyl (C=O) groups excluding carboxylic acids is 3. The number of rotatable bonds is 7. The van der Waals surface area contributed by atoms with E-state index in [0.717, 1.165) is 0 Å². The molecule has 0 aliphatic heterocycles. The zero-order valence-corrected chi connectivity index (χ0v) is 14.0. The maximum atomic E-state index is 12.2. The quantitative estimate of drug-likeness (QED) is 0.668. The number of anilines is 2. The fourth-order valence-electron chi connectivity index (χ4n) is 2.27. The van der Waals surface area contributed by atoms with Gasteiger partial charge in [0.15, 0.2) is 5.78 Å². The second kappa shape index (κ2) is 7.96. The lowest BCUT2D eigenvalue weighted by Crippen LogP contribution is -2.23. The molecule has 2 aromatic carbocycles. The van der Waals surface area contributed by atoms with Crippen LogP contribution in [0.15, 0.2) is 42.5 Å². The minimum atomic E-state index is -0.578. The lowest BCUT2D eigenvalue weighted by molar-refractivity contribution is -0.114. The Balaban J connectivity index is 2.09. The standard InChI is InChI=1S/C18H19N3O4/c1-11(22)13-5-3-4-6-14(13)21-17(23)10-20-15-9-12(18(19)24)7-8-16(15)25-2/h3-9,20H,10H2,1-2H3,(H2,19,24)(H,21,23). The number of hydrogen-bond donors (Lipinski definition) is 3. The largest absolute Gasteiger partial charge is 0.495 e. The van der Waals surface area contributed by atoms with Gasteiger partial charge in [-0.1, -0.05) is 12.1 Å². The highest BCUT2D eigenvalue weighted by Gasteiger charge is 2.12. The Hall–Kier alpha value is -3.35. The number of benzene rings is 2. The lowest BCUT2D eigenvalue weighted by Gasteiger charge is -2.13. The summed E-state index contributed by atoms with van der Waals surface area (Å²) in [5, 5.41) is 5.58. The Bertz CT molecular complexity index is 818. The van der Waals surface area contributed by atoms with Crippen LogP contribution >= 0.6 is 0 Å². The average Bonchev–Trinajstić information content (AvgIpc) is 2.59. The number of ketones is 1. The zero-order valence-electron chi connectivity index (χ0n) is 14.0. The summed E-state index contributed by atoms with van der Waals surface area (Å²) in [6.07, 6.45) is 0. The third kappa shape index (κ3) is 4.57. The molecule has 2 rings (SSSR count). The van der Waals surface area contributed by atoms with Crippen molar-refractivity contribution in [2.75, 3.05) is 24.3 Å². The average molecular weight is 341 g/mol. The number of amides is 2. The van der Waals surface area contributed by atoms with E-state index in [1.54, 1.807) is 30.3 Å². The first-order chi connectivity index (χ1) is 11.9. The minimum Gasteiger partial charge on any atom is -0.495 e. The molecule has 0 atom stereocenters. The van der Waals surface area contributed by atoms with Crippen molar-refractivity contribution in [2.24, 2.45) is 5.73 Å². The third-order valence-corrected chi connectivity index (χ3v) is 3.50. The number of hydrogen-bond acceptors (Lipinski definition) is 5. The van der Waals surface area contributed by atoms with Gasteiger partial charge in [-0.2, -0.15) is 0 Å². The highest BCUT2D eigenvalue weighted by atomic mass is 16.5. The van der Waals surface area contributed by atoms with E-state index in [0.29, 0.717) is 28.3 Å². The van der Waals surface area contributed by atoms with Gasteiger partial charge in [0.1, 0.15) is 5.75 Å². The molecular formula is C18H19N3O4. The van der Waals surface area contributed by atoms with Crippen molar-refractivity contribution < 1.29 is 19.1 Å². The van der Waals surface area contributed by atoms with Gasteiger partial charge in [-0.05, 0) is 37.3 Å². The molecule has 130 valence electrons. The smallest absolute Gasteiger partial charge is 0.248 e. The molecule has 7 heteroatoms. The Morgan fingerprint density at radius 1 is 1.08 bits per heavy atom. The van der Waals surface area contributed by atoms with Crippen LogP contribution in [-0.2, 0) is 4.79 Å². The van der Waals surface area contributed by atoms with E-state index in [1.807, 2.05) is 0 Å². The van der Waals surface area contributed by atoms with Crippen molar-refractivity contribution in [3.8, 4) is 5.75 Å². The third-order valence-electron chi connectivity index (χ3n) is 3.50. The first-order valence-electron chi connectivity index (χ1n) is 7.54. The summed E-state index contributed by atoms with van der Waals surface area (Å²) >= 11 is 0. The molecule has 4 N–H and O–H groups in total. The number of ether oxygens (including phenoxy) is 1. The summed E-state index contributed by atoms with van der Waals surface area (Å²) in [6.45, 7) is 1.36. The summed E-state index contributed by atoms with van der Waals surface area (Å²) in [6, 6.07) is 11.4. The molecule has 0 saturated heterocycles. The van der Waals surface area contributed by atoms with Crippen LogP contribution in [0.4, 0.5) is 11.4 Å². The summed E-state index contributed by atoms with van der Waals surface area (Å²) in [5.74, 6) is -0.590. The Kier molecular flexibility index (Phi) is 5.73. The Labute approximate surface area is 145 Å². The number of nitrogens with one attached hydrogen (secondary N) is 2. The number of Topliss-reactive ketones (excluding diaryl/α,β-unsaturated/α-hetero) is 1. The SMILES string of the molecule is COc1ccc(C(N)=O)cc1NCC(=O)Nc1ccccc1C(C)=O. The number of primary amides is 1. The second-order valence-electron chi connectivity index (χ2n) is 5.28. The lowest BCUT2D eigenvalue weighted by atomic mass is 10.1. The van der Waals surface area contributed by atoms with Crippen LogP contribution < -0.4 is 21.1 Å². The van der Waals surface area contributed by atoms with E-state index in [2.05, 4.69) is 10.6 Å². The van der Waals surface area contributed by atoms with Gasteiger partial charge in [0.2, 0.25) is 11.8 Å². The van der Waals surface area contributed by atoms with Crippen molar-refractivity contribution in [1.29, 1.82) is 0 Å². The molecule has 0 aliphatic rings. The second-order valence-corrected chi connectivity index (χ2v) is 5.28. The van der Waals surface area contributed by atoms with Gasteiger partial charge >= 0.3 is 0 Å². The van der Waals surface area contributed by atoms with Crippen LogP contribution in [0.2, 0.25) is 0 Å². The molecule has 2 aromatic rings.